The van der Waals surface area contributed by atoms with E-state index in [-0.39, 0.29) is 17.5 Å². The summed E-state index contributed by atoms with van der Waals surface area (Å²) in [7, 11) is 0. The molecule has 0 aliphatic heterocycles. The molecule has 1 N–H and O–H groups in total. The molecule has 0 aromatic heterocycles. The largest absolute Gasteiger partial charge is 0.459 e. The summed E-state index contributed by atoms with van der Waals surface area (Å²) >= 11 is 0. The van der Waals surface area contributed by atoms with Crippen LogP contribution in [0.2, 0.25) is 0 Å². The van der Waals surface area contributed by atoms with Gasteiger partial charge in [0.15, 0.2) is 0 Å². The fraction of sp³-hybridized carbons (Fsp3) is 0.783. The van der Waals surface area contributed by atoms with E-state index in [2.05, 4.69) is 32.9 Å². The zero-order valence-corrected chi connectivity index (χ0v) is 16.8. The topological polar surface area (TPSA) is 46.5 Å². The molecule has 3 nitrogen and oxygen atoms in total. The standard InChI is InChI=1S/C23H34O3/c1-5-15-7-9-18-17-8-6-16-12-21(26-14(2)24)20(25)13-23(16,4)19(17)10-11-22(15,18)3/h6,8,15,18-21,25H,5,7,9-13H2,1-4H3/t15-,18-,19-,20?,21?,22+,23-/m0/s1. The van der Waals surface area contributed by atoms with Crippen LogP contribution in [0, 0.1) is 28.6 Å². The molecule has 26 heavy (non-hydrogen) atoms. The van der Waals surface area contributed by atoms with Crippen molar-refractivity contribution in [1.82, 2.24) is 0 Å². The summed E-state index contributed by atoms with van der Waals surface area (Å²) in [5, 5.41) is 10.7. The van der Waals surface area contributed by atoms with Crippen molar-refractivity contribution in [2.75, 3.05) is 0 Å². The molecule has 7 atom stereocenters. The van der Waals surface area contributed by atoms with E-state index in [1.807, 2.05) is 0 Å². The number of aliphatic hydroxyl groups excluding tert-OH is 1. The monoisotopic (exact) mass is 358 g/mol. The molecule has 0 heterocycles. The molecule has 4 aliphatic rings. The van der Waals surface area contributed by atoms with Crippen molar-refractivity contribution in [3.63, 3.8) is 0 Å². The first-order valence-electron chi connectivity index (χ1n) is 10.6. The molecule has 0 spiro atoms. The number of fused-ring (bicyclic) bond motifs is 5. The molecular formula is C23H34O3. The Hall–Kier alpha value is -1.09. The van der Waals surface area contributed by atoms with Crippen LogP contribution in [-0.2, 0) is 9.53 Å². The van der Waals surface area contributed by atoms with E-state index in [0.717, 1.165) is 5.92 Å². The van der Waals surface area contributed by atoms with E-state index in [9.17, 15) is 9.90 Å². The number of esters is 1. The van der Waals surface area contributed by atoms with E-state index in [0.29, 0.717) is 30.1 Å². The first kappa shape index (κ1) is 18.3. The van der Waals surface area contributed by atoms with Gasteiger partial charge in [-0.3, -0.25) is 4.79 Å². The first-order valence-corrected chi connectivity index (χ1v) is 10.6. The zero-order chi connectivity index (χ0) is 18.7. The number of aliphatic hydroxyl groups is 1. The van der Waals surface area contributed by atoms with Crippen LogP contribution >= 0.6 is 0 Å². The number of allylic oxidation sites excluding steroid dienone is 3. The summed E-state index contributed by atoms with van der Waals surface area (Å²) in [4.78, 5) is 11.4. The fourth-order valence-corrected chi connectivity index (χ4v) is 7.13. The molecule has 3 fully saturated rings. The van der Waals surface area contributed by atoms with Crippen LogP contribution in [-0.4, -0.2) is 23.3 Å². The maximum atomic E-state index is 11.4. The molecule has 0 saturated heterocycles. The Morgan fingerprint density at radius 2 is 2.00 bits per heavy atom. The van der Waals surface area contributed by atoms with Gasteiger partial charge >= 0.3 is 5.97 Å². The van der Waals surface area contributed by atoms with Gasteiger partial charge in [-0.15, -0.1) is 0 Å². The molecule has 3 saturated carbocycles. The Balaban J connectivity index is 1.66. The third kappa shape index (κ3) is 2.53. The van der Waals surface area contributed by atoms with Crippen LogP contribution in [0.15, 0.2) is 23.3 Å². The quantitative estimate of drug-likeness (QED) is 0.721. The van der Waals surface area contributed by atoms with Crippen molar-refractivity contribution in [1.29, 1.82) is 0 Å². The Kier molecular flexibility index (Phi) is 4.38. The second-order valence-electron chi connectivity index (χ2n) is 9.73. The summed E-state index contributed by atoms with van der Waals surface area (Å²) in [5.74, 6) is 1.82. The average Bonchev–Trinajstić information content (AvgIpc) is 2.91. The zero-order valence-electron chi connectivity index (χ0n) is 16.8. The molecular weight excluding hydrogens is 324 g/mol. The highest BCUT2D eigenvalue weighted by Crippen LogP contribution is 2.65. The van der Waals surface area contributed by atoms with Crippen LogP contribution < -0.4 is 0 Å². The molecule has 4 rings (SSSR count). The van der Waals surface area contributed by atoms with Gasteiger partial charge in [0.1, 0.15) is 6.10 Å². The van der Waals surface area contributed by atoms with Crippen molar-refractivity contribution in [3.8, 4) is 0 Å². The number of hydrogen-bond acceptors (Lipinski definition) is 3. The summed E-state index contributed by atoms with van der Waals surface area (Å²) in [5.41, 5.74) is 3.51. The molecule has 0 bridgehead atoms. The lowest BCUT2D eigenvalue weighted by Crippen LogP contribution is -2.50. The van der Waals surface area contributed by atoms with Gasteiger partial charge in [-0.2, -0.15) is 0 Å². The number of ether oxygens (including phenoxy) is 1. The van der Waals surface area contributed by atoms with Gasteiger partial charge in [-0.25, -0.2) is 0 Å². The van der Waals surface area contributed by atoms with E-state index >= 15 is 0 Å². The third-order valence-electron chi connectivity index (χ3n) is 8.58. The second kappa shape index (κ2) is 6.22. The summed E-state index contributed by atoms with van der Waals surface area (Å²) in [6.45, 7) is 8.66. The number of carbonyl (C=O) groups is 1. The Labute approximate surface area is 157 Å². The van der Waals surface area contributed by atoms with Gasteiger partial charge in [0, 0.05) is 13.3 Å². The van der Waals surface area contributed by atoms with Crippen molar-refractivity contribution in [2.24, 2.45) is 28.6 Å². The van der Waals surface area contributed by atoms with Crippen LogP contribution in [0.25, 0.3) is 0 Å². The maximum Gasteiger partial charge on any atom is 0.303 e. The average molecular weight is 359 g/mol. The second-order valence-corrected chi connectivity index (χ2v) is 9.73. The predicted molar refractivity (Wildman–Crippen MR) is 102 cm³/mol. The van der Waals surface area contributed by atoms with Gasteiger partial charge in [0.2, 0.25) is 0 Å². The highest BCUT2D eigenvalue weighted by atomic mass is 16.6. The SMILES string of the molecule is CC[C@H]1CC[C@H]2C3=CC=C4CC(OC(C)=O)C(O)C[C@]4(C)[C@H]3CC[C@]12C. The molecule has 0 aromatic carbocycles. The normalized spacial score (nSPS) is 47.2. The van der Waals surface area contributed by atoms with Crippen molar-refractivity contribution < 1.29 is 14.6 Å². The first-order chi connectivity index (χ1) is 12.3. The van der Waals surface area contributed by atoms with Gasteiger partial charge in [-0.05, 0) is 60.7 Å². The maximum absolute atomic E-state index is 11.4. The van der Waals surface area contributed by atoms with Crippen molar-refractivity contribution >= 4 is 5.97 Å². The number of carbonyl (C=O) groups excluding carboxylic acids is 1. The Morgan fingerprint density at radius 3 is 2.69 bits per heavy atom. The van der Waals surface area contributed by atoms with Crippen LogP contribution in [0.4, 0.5) is 0 Å². The van der Waals surface area contributed by atoms with Gasteiger partial charge < -0.3 is 9.84 Å². The highest BCUT2D eigenvalue weighted by molar-refractivity contribution is 5.66. The van der Waals surface area contributed by atoms with Crippen LogP contribution in [0.3, 0.4) is 0 Å². The summed E-state index contributed by atoms with van der Waals surface area (Å²) in [6, 6.07) is 0. The predicted octanol–water partition coefficient (Wildman–Crippen LogP) is 4.80. The van der Waals surface area contributed by atoms with E-state index in [1.54, 1.807) is 5.57 Å². The molecule has 0 radical (unpaired) electrons. The third-order valence-corrected chi connectivity index (χ3v) is 8.58. The molecule has 0 amide bonds. The Bertz CT molecular complexity index is 662. The number of hydrogen-bond donors (Lipinski definition) is 1. The molecule has 3 heteroatoms. The molecule has 4 aliphatic carbocycles. The minimum absolute atomic E-state index is 0.0196. The minimum atomic E-state index is -0.555. The lowest BCUT2D eigenvalue weighted by molar-refractivity contribution is -0.156. The van der Waals surface area contributed by atoms with E-state index < -0.39 is 6.10 Å². The summed E-state index contributed by atoms with van der Waals surface area (Å²) < 4.78 is 5.40. The van der Waals surface area contributed by atoms with E-state index in [1.165, 1.54) is 44.6 Å². The van der Waals surface area contributed by atoms with Gasteiger partial charge in [-0.1, -0.05) is 50.5 Å². The number of rotatable bonds is 2. The minimum Gasteiger partial charge on any atom is -0.459 e. The van der Waals surface area contributed by atoms with E-state index in [4.69, 9.17) is 4.74 Å². The lowest BCUT2D eigenvalue weighted by atomic mass is 9.50. The highest BCUT2D eigenvalue weighted by Gasteiger charge is 2.56. The summed E-state index contributed by atoms with van der Waals surface area (Å²) in [6.07, 6.45) is 11.7. The lowest BCUT2D eigenvalue weighted by Gasteiger charge is -2.55. The molecule has 0 aromatic rings. The van der Waals surface area contributed by atoms with Crippen LogP contribution in [0.1, 0.15) is 72.6 Å². The van der Waals surface area contributed by atoms with Crippen molar-refractivity contribution in [3.05, 3.63) is 23.3 Å². The van der Waals surface area contributed by atoms with Gasteiger partial charge in [0.05, 0.1) is 6.10 Å². The fourth-order valence-electron chi connectivity index (χ4n) is 7.13. The molecule has 144 valence electrons. The van der Waals surface area contributed by atoms with Gasteiger partial charge in [0.25, 0.3) is 0 Å². The molecule has 2 unspecified atom stereocenters. The van der Waals surface area contributed by atoms with Crippen LogP contribution in [0.5, 0.6) is 0 Å². The Morgan fingerprint density at radius 1 is 1.23 bits per heavy atom. The smallest absolute Gasteiger partial charge is 0.303 e. The van der Waals surface area contributed by atoms with Crippen molar-refractivity contribution in [2.45, 2.75) is 84.8 Å².